The number of carbonyl (C=O) groups is 1. The zero-order valence-corrected chi connectivity index (χ0v) is 14.2. The van der Waals surface area contributed by atoms with Gasteiger partial charge in [-0.2, -0.15) is 0 Å². The lowest BCUT2D eigenvalue weighted by atomic mass is 10.1. The number of rotatable bonds is 10. The van der Waals surface area contributed by atoms with Gasteiger partial charge in [-0.3, -0.25) is 14.9 Å². The molecule has 0 heterocycles. The first-order valence-corrected chi connectivity index (χ1v) is 8.28. The fourth-order valence-electron chi connectivity index (χ4n) is 2.37. The Labute approximate surface area is 138 Å². The van der Waals surface area contributed by atoms with Crippen molar-refractivity contribution in [1.29, 1.82) is 0 Å². The second-order valence-electron chi connectivity index (χ2n) is 5.65. The van der Waals surface area contributed by atoms with E-state index in [1.165, 1.54) is 6.07 Å². The molecule has 0 aromatic heterocycles. The molecule has 0 saturated carbocycles. The first-order chi connectivity index (χ1) is 11.0. The lowest BCUT2D eigenvalue weighted by Crippen LogP contribution is -2.39. The average molecular weight is 321 g/mol. The summed E-state index contributed by atoms with van der Waals surface area (Å²) >= 11 is 0. The van der Waals surface area contributed by atoms with E-state index >= 15 is 0 Å². The summed E-state index contributed by atoms with van der Waals surface area (Å²) in [7, 11) is 0. The summed E-state index contributed by atoms with van der Waals surface area (Å²) < 4.78 is 0. The number of nitrogens with one attached hydrogen (secondary N) is 1. The first kappa shape index (κ1) is 18.9. The summed E-state index contributed by atoms with van der Waals surface area (Å²) in [4.78, 5) is 24.9. The number of amides is 1. The number of benzene rings is 1. The molecule has 1 rings (SSSR count). The van der Waals surface area contributed by atoms with Crippen LogP contribution < -0.4 is 5.32 Å². The summed E-state index contributed by atoms with van der Waals surface area (Å²) in [5, 5.41) is 14.0. The monoisotopic (exact) mass is 321 g/mol. The van der Waals surface area contributed by atoms with E-state index in [0.717, 1.165) is 25.8 Å². The number of para-hydroxylation sites is 2. The number of hydrogen-bond donors (Lipinski definition) is 1. The third kappa shape index (κ3) is 5.88. The van der Waals surface area contributed by atoms with Crippen LogP contribution in [0.4, 0.5) is 11.4 Å². The highest BCUT2D eigenvalue weighted by atomic mass is 16.6. The molecule has 0 aliphatic rings. The quantitative estimate of drug-likeness (QED) is 0.525. The molecular formula is C17H27N3O3. The van der Waals surface area contributed by atoms with Crippen molar-refractivity contribution >= 4 is 17.3 Å². The van der Waals surface area contributed by atoms with Crippen LogP contribution in [0.2, 0.25) is 0 Å². The van der Waals surface area contributed by atoms with Gasteiger partial charge in [0, 0.05) is 31.6 Å². The predicted molar refractivity (Wildman–Crippen MR) is 92.6 cm³/mol. The van der Waals surface area contributed by atoms with Crippen molar-refractivity contribution in [2.45, 2.75) is 52.5 Å². The molecule has 0 aliphatic heterocycles. The van der Waals surface area contributed by atoms with E-state index in [1.54, 1.807) is 18.2 Å². The van der Waals surface area contributed by atoms with Gasteiger partial charge < -0.3 is 10.2 Å². The van der Waals surface area contributed by atoms with Gasteiger partial charge in [-0.1, -0.05) is 32.4 Å². The highest BCUT2D eigenvalue weighted by Gasteiger charge is 2.18. The summed E-state index contributed by atoms with van der Waals surface area (Å²) in [5.41, 5.74) is 0.485. The summed E-state index contributed by atoms with van der Waals surface area (Å²) in [6, 6.07) is 6.71. The highest BCUT2D eigenvalue weighted by Crippen LogP contribution is 2.23. The van der Waals surface area contributed by atoms with Crippen molar-refractivity contribution in [2.24, 2.45) is 0 Å². The van der Waals surface area contributed by atoms with Crippen LogP contribution in [0.25, 0.3) is 0 Å². The normalized spacial score (nSPS) is 11.8. The van der Waals surface area contributed by atoms with Crippen LogP contribution in [0.3, 0.4) is 0 Å². The van der Waals surface area contributed by atoms with Crippen LogP contribution in [-0.4, -0.2) is 34.9 Å². The minimum atomic E-state index is -0.420. The van der Waals surface area contributed by atoms with Crippen LogP contribution in [-0.2, 0) is 4.79 Å². The number of nitrogens with zero attached hydrogens (tertiary/aromatic N) is 2. The van der Waals surface area contributed by atoms with E-state index in [1.807, 2.05) is 4.90 Å². The second kappa shape index (κ2) is 9.82. The largest absolute Gasteiger partial charge is 0.379 e. The van der Waals surface area contributed by atoms with Crippen LogP contribution in [0.15, 0.2) is 24.3 Å². The van der Waals surface area contributed by atoms with Crippen LogP contribution in [0.5, 0.6) is 0 Å². The number of anilines is 1. The number of unbranched alkanes of at least 4 members (excludes halogenated alkanes) is 1. The van der Waals surface area contributed by atoms with E-state index < -0.39 is 4.92 Å². The average Bonchev–Trinajstić information content (AvgIpc) is 2.55. The fraction of sp³-hybridized carbons (Fsp3) is 0.588. The number of hydrogen-bond acceptors (Lipinski definition) is 4. The van der Waals surface area contributed by atoms with Crippen molar-refractivity contribution in [2.75, 3.05) is 18.4 Å². The Hall–Kier alpha value is -2.11. The van der Waals surface area contributed by atoms with Gasteiger partial charge in [0.2, 0.25) is 5.91 Å². The Kier molecular flexibility index (Phi) is 8.08. The van der Waals surface area contributed by atoms with Crippen molar-refractivity contribution in [3.63, 3.8) is 0 Å². The lowest BCUT2D eigenvalue weighted by Gasteiger charge is -2.28. The molecule has 0 aliphatic carbocycles. The molecule has 23 heavy (non-hydrogen) atoms. The maximum Gasteiger partial charge on any atom is 0.292 e. The van der Waals surface area contributed by atoms with E-state index in [4.69, 9.17) is 0 Å². The summed E-state index contributed by atoms with van der Waals surface area (Å²) in [6.07, 6.45) is 3.30. The molecule has 0 bridgehead atoms. The van der Waals surface area contributed by atoms with E-state index in [9.17, 15) is 14.9 Å². The molecule has 1 unspecified atom stereocenters. The molecule has 1 amide bonds. The summed E-state index contributed by atoms with van der Waals surface area (Å²) in [5.74, 6) is 0.0962. The molecule has 128 valence electrons. The maximum atomic E-state index is 12.4. The van der Waals surface area contributed by atoms with Gasteiger partial charge in [-0.05, 0) is 25.8 Å². The Balaban J connectivity index is 2.59. The lowest BCUT2D eigenvalue weighted by molar-refractivity contribution is -0.384. The topological polar surface area (TPSA) is 75.5 Å². The molecule has 1 aromatic rings. The Bertz CT molecular complexity index is 520. The van der Waals surface area contributed by atoms with E-state index in [-0.39, 0.29) is 17.6 Å². The molecular weight excluding hydrogens is 294 g/mol. The van der Waals surface area contributed by atoms with Gasteiger partial charge in [0.05, 0.1) is 4.92 Å². The molecule has 1 aromatic carbocycles. The fourth-order valence-corrected chi connectivity index (χ4v) is 2.37. The molecule has 0 saturated heterocycles. The van der Waals surface area contributed by atoms with E-state index in [2.05, 4.69) is 26.1 Å². The number of nitro benzene ring substituents is 1. The van der Waals surface area contributed by atoms with Gasteiger partial charge >= 0.3 is 0 Å². The van der Waals surface area contributed by atoms with Gasteiger partial charge in [-0.25, -0.2) is 0 Å². The van der Waals surface area contributed by atoms with Gasteiger partial charge in [0.15, 0.2) is 0 Å². The standard InChI is InChI=1S/C17H27N3O3/c1-4-6-13-19(14(3)5-2)17(21)11-12-18-15-9-7-8-10-16(15)20(22)23/h7-10,14,18H,4-6,11-13H2,1-3H3. The zero-order valence-electron chi connectivity index (χ0n) is 14.2. The predicted octanol–water partition coefficient (Wildman–Crippen LogP) is 3.82. The Morgan fingerprint density at radius 1 is 1.35 bits per heavy atom. The minimum absolute atomic E-state index is 0.0321. The molecule has 6 nitrogen and oxygen atoms in total. The van der Waals surface area contributed by atoms with Crippen molar-refractivity contribution in [3.8, 4) is 0 Å². The third-order valence-electron chi connectivity index (χ3n) is 3.95. The smallest absolute Gasteiger partial charge is 0.292 e. The molecule has 0 fully saturated rings. The van der Waals surface area contributed by atoms with Crippen molar-refractivity contribution in [3.05, 3.63) is 34.4 Å². The van der Waals surface area contributed by atoms with Crippen molar-refractivity contribution in [1.82, 2.24) is 4.90 Å². The first-order valence-electron chi connectivity index (χ1n) is 8.28. The zero-order chi connectivity index (χ0) is 17.2. The second-order valence-corrected chi connectivity index (χ2v) is 5.65. The van der Waals surface area contributed by atoms with Crippen LogP contribution >= 0.6 is 0 Å². The van der Waals surface area contributed by atoms with Crippen molar-refractivity contribution < 1.29 is 9.72 Å². The van der Waals surface area contributed by atoms with E-state index in [0.29, 0.717) is 18.7 Å². The summed E-state index contributed by atoms with van der Waals surface area (Å²) in [6.45, 7) is 7.40. The highest BCUT2D eigenvalue weighted by molar-refractivity contribution is 5.77. The molecule has 6 heteroatoms. The Morgan fingerprint density at radius 3 is 2.65 bits per heavy atom. The number of carbonyl (C=O) groups excluding carboxylic acids is 1. The van der Waals surface area contributed by atoms with Gasteiger partial charge in [0.1, 0.15) is 5.69 Å². The third-order valence-corrected chi connectivity index (χ3v) is 3.95. The maximum absolute atomic E-state index is 12.4. The molecule has 0 spiro atoms. The van der Waals surface area contributed by atoms with Gasteiger partial charge in [0.25, 0.3) is 5.69 Å². The van der Waals surface area contributed by atoms with Gasteiger partial charge in [-0.15, -0.1) is 0 Å². The molecule has 1 N–H and O–H groups in total. The number of nitro groups is 1. The minimum Gasteiger partial charge on any atom is -0.379 e. The molecule has 0 radical (unpaired) electrons. The van der Waals surface area contributed by atoms with Crippen LogP contribution in [0, 0.1) is 10.1 Å². The molecule has 1 atom stereocenters. The Morgan fingerprint density at radius 2 is 2.04 bits per heavy atom. The SMILES string of the molecule is CCCCN(C(=O)CCNc1ccccc1[N+](=O)[O-])C(C)CC. The van der Waals surface area contributed by atoms with Crippen LogP contribution in [0.1, 0.15) is 46.5 Å².